The predicted octanol–water partition coefficient (Wildman–Crippen LogP) is 4.09. The van der Waals surface area contributed by atoms with Gasteiger partial charge in [-0.1, -0.05) is 39.3 Å². The van der Waals surface area contributed by atoms with Crippen LogP contribution in [0.25, 0.3) is 10.9 Å². The van der Waals surface area contributed by atoms with Crippen molar-refractivity contribution in [1.82, 2.24) is 26.3 Å². The smallest absolute Gasteiger partial charge is 0.315 e. The Hall–Kier alpha value is -2.46. The van der Waals surface area contributed by atoms with Crippen molar-refractivity contribution in [3.05, 3.63) is 36.0 Å². The number of unbranched alkanes of at least 4 members (excludes halogenated alkanes) is 1. The monoisotopic (exact) mass is 543 g/mol. The van der Waals surface area contributed by atoms with Gasteiger partial charge in [0, 0.05) is 51.7 Å². The molecule has 2 aliphatic rings. The first-order valence-electron chi connectivity index (χ1n) is 13.0. The number of benzene rings is 1. The first-order valence-corrected chi connectivity index (χ1v) is 14.9. The van der Waals surface area contributed by atoms with Crippen molar-refractivity contribution in [1.29, 1.82) is 0 Å². The number of hydrogen-bond donors (Lipinski definition) is 4. The zero-order chi connectivity index (χ0) is 26.4. The Bertz CT molecular complexity index is 1140. The minimum absolute atomic E-state index is 0.0433. The van der Waals surface area contributed by atoms with E-state index in [4.69, 9.17) is 0 Å². The van der Waals surface area contributed by atoms with Crippen molar-refractivity contribution in [3.63, 3.8) is 0 Å². The van der Waals surface area contributed by atoms with Crippen LogP contribution >= 0.6 is 23.5 Å². The van der Waals surface area contributed by atoms with Gasteiger partial charge in [0.1, 0.15) is 0 Å². The summed E-state index contributed by atoms with van der Waals surface area (Å²) in [6.07, 6.45) is 5.61. The SMILES string of the molecule is CC(C)(C)Sc1cccc2cc(C(=O)NCCCNC(=O)CCCC[C@@H]3SC[C@@H]4NC(=O)N[C@@H]43)cnc12. The van der Waals surface area contributed by atoms with E-state index in [1.807, 2.05) is 30.0 Å². The molecule has 10 heteroatoms. The number of carbonyl (C=O) groups excluding carboxylic acids is 3. The van der Waals surface area contributed by atoms with Crippen LogP contribution < -0.4 is 21.3 Å². The topological polar surface area (TPSA) is 112 Å². The molecule has 4 amide bonds. The zero-order valence-electron chi connectivity index (χ0n) is 21.8. The highest BCUT2D eigenvalue weighted by Crippen LogP contribution is 2.36. The number of urea groups is 1. The minimum atomic E-state index is -0.157. The number of aromatic nitrogens is 1. The molecule has 8 nitrogen and oxygen atoms in total. The second kappa shape index (κ2) is 12.4. The van der Waals surface area contributed by atoms with Crippen LogP contribution in [0.1, 0.15) is 63.2 Å². The molecule has 2 saturated heterocycles. The highest BCUT2D eigenvalue weighted by Gasteiger charge is 2.42. The number of carbonyl (C=O) groups is 3. The fourth-order valence-corrected chi connectivity index (χ4v) is 7.27. The van der Waals surface area contributed by atoms with Crippen molar-refractivity contribution in [2.24, 2.45) is 0 Å². The normalized spacial score (nSPS) is 20.8. The second-order valence-corrected chi connectivity index (χ2v) is 13.7. The summed E-state index contributed by atoms with van der Waals surface area (Å²) in [5.41, 5.74) is 1.45. The van der Waals surface area contributed by atoms with Crippen LogP contribution in [-0.4, -0.2) is 63.8 Å². The molecule has 1 aromatic carbocycles. The molecule has 37 heavy (non-hydrogen) atoms. The number of nitrogens with zero attached hydrogens (tertiary/aromatic N) is 1. The second-order valence-electron chi connectivity index (χ2n) is 10.6. The van der Waals surface area contributed by atoms with Crippen LogP contribution in [0.2, 0.25) is 0 Å². The maximum atomic E-state index is 12.6. The number of fused-ring (bicyclic) bond motifs is 2. The molecule has 4 N–H and O–H groups in total. The molecule has 0 aliphatic carbocycles. The molecule has 2 aromatic rings. The summed E-state index contributed by atoms with van der Waals surface area (Å²) >= 11 is 3.67. The lowest BCUT2D eigenvalue weighted by atomic mass is 10.0. The number of nitrogens with one attached hydrogen (secondary N) is 4. The first kappa shape index (κ1) is 27.6. The Labute approximate surface area is 227 Å². The van der Waals surface area contributed by atoms with Crippen LogP contribution in [0.3, 0.4) is 0 Å². The van der Waals surface area contributed by atoms with Crippen LogP contribution in [0.15, 0.2) is 35.4 Å². The van der Waals surface area contributed by atoms with Crippen LogP contribution in [-0.2, 0) is 4.79 Å². The van der Waals surface area contributed by atoms with Gasteiger partial charge in [0.15, 0.2) is 0 Å². The van der Waals surface area contributed by atoms with Crippen LogP contribution in [0.5, 0.6) is 0 Å². The fraction of sp³-hybridized carbons (Fsp3) is 0.556. The average Bonchev–Trinajstić information content (AvgIpc) is 3.39. The molecule has 3 atom stereocenters. The molecule has 3 heterocycles. The molecule has 2 fully saturated rings. The van der Waals surface area contributed by atoms with E-state index in [1.54, 1.807) is 18.0 Å². The summed E-state index contributed by atoms with van der Waals surface area (Å²) < 4.78 is 0.0769. The van der Waals surface area contributed by atoms with Crippen LogP contribution in [0.4, 0.5) is 4.79 Å². The number of thioether (sulfide) groups is 2. The van der Waals surface area contributed by atoms with Crippen molar-refractivity contribution < 1.29 is 14.4 Å². The van der Waals surface area contributed by atoms with Gasteiger partial charge in [-0.3, -0.25) is 14.6 Å². The lowest BCUT2D eigenvalue weighted by Gasteiger charge is -2.18. The van der Waals surface area contributed by atoms with E-state index < -0.39 is 0 Å². The van der Waals surface area contributed by atoms with Crippen LogP contribution in [0, 0.1) is 0 Å². The standard InChI is InChI=1S/C27H37N5O3S2/c1-27(2,3)37-21-10-6-8-17-14-18(15-30-23(17)21)25(34)29-13-7-12-28-22(33)11-5-4-9-20-24-19(16-36-20)31-26(35)32-24/h6,8,10,14-15,19-20,24H,4-5,7,9,11-13,16H2,1-3H3,(H,28,33)(H,29,34)(H2,31,32,35)/t19-,20-,24-/m0/s1. The number of pyridine rings is 1. The van der Waals surface area contributed by atoms with Gasteiger partial charge in [-0.2, -0.15) is 11.8 Å². The van der Waals surface area contributed by atoms with Gasteiger partial charge >= 0.3 is 6.03 Å². The third-order valence-corrected chi connectivity index (χ3v) is 9.06. The molecule has 2 aliphatic heterocycles. The highest BCUT2D eigenvalue weighted by molar-refractivity contribution is 8.00. The molecule has 0 spiro atoms. The first-order chi connectivity index (χ1) is 17.7. The van der Waals surface area contributed by atoms with Crippen molar-refractivity contribution in [2.45, 2.75) is 79.9 Å². The van der Waals surface area contributed by atoms with Gasteiger partial charge < -0.3 is 21.3 Å². The summed E-state index contributed by atoms with van der Waals surface area (Å²) in [7, 11) is 0. The van der Waals surface area contributed by atoms with Gasteiger partial charge in [-0.15, -0.1) is 11.8 Å². The lowest BCUT2D eigenvalue weighted by molar-refractivity contribution is -0.121. The predicted molar refractivity (Wildman–Crippen MR) is 151 cm³/mol. The van der Waals surface area contributed by atoms with E-state index in [0.717, 1.165) is 40.8 Å². The number of amides is 4. The van der Waals surface area contributed by atoms with Gasteiger partial charge in [-0.25, -0.2) is 4.79 Å². The highest BCUT2D eigenvalue weighted by atomic mass is 32.2. The molecule has 0 unspecified atom stereocenters. The Kier molecular flexibility index (Phi) is 9.23. The average molecular weight is 544 g/mol. The van der Waals surface area contributed by atoms with E-state index in [1.165, 1.54) is 0 Å². The number of para-hydroxylation sites is 1. The van der Waals surface area contributed by atoms with Crippen molar-refractivity contribution in [3.8, 4) is 0 Å². The Morgan fingerprint density at radius 2 is 1.95 bits per heavy atom. The van der Waals surface area contributed by atoms with E-state index in [0.29, 0.717) is 36.7 Å². The molecule has 200 valence electrons. The Morgan fingerprint density at radius 1 is 1.14 bits per heavy atom. The quantitative estimate of drug-likeness (QED) is 0.193. The van der Waals surface area contributed by atoms with Crippen molar-refractivity contribution in [2.75, 3.05) is 18.8 Å². The third-order valence-electron chi connectivity index (χ3n) is 6.39. The van der Waals surface area contributed by atoms with E-state index in [2.05, 4.69) is 53.1 Å². The zero-order valence-corrected chi connectivity index (χ0v) is 23.4. The van der Waals surface area contributed by atoms with E-state index in [-0.39, 0.29) is 34.7 Å². The summed E-state index contributed by atoms with van der Waals surface area (Å²) in [5, 5.41) is 13.2. The number of rotatable bonds is 11. The summed E-state index contributed by atoms with van der Waals surface area (Å²) in [5.74, 6) is 0.845. The van der Waals surface area contributed by atoms with Gasteiger partial charge in [-0.05, 0) is 31.4 Å². The molecule has 0 bridgehead atoms. The molecule has 4 rings (SSSR count). The minimum Gasteiger partial charge on any atom is -0.356 e. The maximum absolute atomic E-state index is 12.6. The van der Waals surface area contributed by atoms with Gasteiger partial charge in [0.05, 0.1) is 23.2 Å². The van der Waals surface area contributed by atoms with Gasteiger partial charge in [0.2, 0.25) is 5.91 Å². The maximum Gasteiger partial charge on any atom is 0.315 e. The molecule has 0 radical (unpaired) electrons. The van der Waals surface area contributed by atoms with E-state index >= 15 is 0 Å². The van der Waals surface area contributed by atoms with Gasteiger partial charge in [0.25, 0.3) is 5.91 Å². The molecule has 1 aromatic heterocycles. The lowest BCUT2D eigenvalue weighted by Crippen LogP contribution is -2.36. The van der Waals surface area contributed by atoms with Crippen molar-refractivity contribution >= 4 is 52.3 Å². The molecular weight excluding hydrogens is 506 g/mol. The summed E-state index contributed by atoms with van der Waals surface area (Å²) in [4.78, 5) is 41.9. The van der Waals surface area contributed by atoms with E-state index in [9.17, 15) is 14.4 Å². The third kappa shape index (κ3) is 7.77. The summed E-state index contributed by atoms with van der Waals surface area (Å²) in [6, 6.07) is 8.33. The largest absolute Gasteiger partial charge is 0.356 e. The fourth-order valence-electron chi connectivity index (χ4n) is 4.65. The molecule has 0 saturated carbocycles. The summed E-state index contributed by atoms with van der Waals surface area (Å²) in [6.45, 7) is 7.52. The molecular formula is C27H37N5O3S2. The Balaban J connectivity index is 1.11. The Morgan fingerprint density at radius 3 is 2.76 bits per heavy atom. The number of hydrogen-bond acceptors (Lipinski definition) is 6.